The van der Waals surface area contributed by atoms with Crippen LogP contribution in [0.2, 0.25) is 0 Å². The maximum atomic E-state index is 8.87. The molecule has 0 rings (SSSR count). The van der Waals surface area contributed by atoms with Crippen molar-refractivity contribution >= 4 is 0 Å². The molecule has 0 N–H and O–H groups in total. The van der Waals surface area contributed by atoms with Gasteiger partial charge in [-0.2, -0.15) is 5.26 Å². The summed E-state index contributed by atoms with van der Waals surface area (Å²) in [6.45, 7) is 13.0. The van der Waals surface area contributed by atoms with Crippen LogP contribution in [0, 0.1) is 23.2 Å². The predicted octanol–water partition coefficient (Wildman–Crippen LogP) is 3.29. The number of rotatable bonds is 7. The summed E-state index contributed by atoms with van der Waals surface area (Å²) in [6, 6.07) is 2.97. The molecule has 0 aliphatic rings. The van der Waals surface area contributed by atoms with Crippen LogP contribution in [0.15, 0.2) is 0 Å². The van der Waals surface area contributed by atoms with Crippen molar-refractivity contribution in [1.29, 1.82) is 5.26 Å². The summed E-state index contributed by atoms with van der Waals surface area (Å²) in [7, 11) is 0. The quantitative estimate of drug-likeness (QED) is 0.644. The van der Waals surface area contributed by atoms with Gasteiger partial charge in [0.05, 0.1) is 12.0 Å². The molecule has 0 spiro atoms. The van der Waals surface area contributed by atoms with E-state index in [-0.39, 0.29) is 5.92 Å². The van der Waals surface area contributed by atoms with Crippen LogP contribution in [0.3, 0.4) is 0 Å². The van der Waals surface area contributed by atoms with Crippen LogP contribution in [0.4, 0.5) is 0 Å². The Morgan fingerprint density at radius 2 is 1.60 bits per heavy atom. The van der Waals surface area contributed by atoms with Crippen LogP contribution in [-0.4, -0.2) is 24.0 Å². The van der Waals surface area contributed by atoms with Crippen LogP contribution in [0.5, 0.6) is 0 Å². The average molecular weight is 210 g/mol. The number of nitrogens with zero attached hydrogens (tertiary/aromatic N) is 2. The molecule has 2 heteroatoms. The van der Waals surface area contributed by atoms with Gasteiger partial charge >= 0.3 is 0 Å². The third-order valence-electron chi connectivity index (χ3n) is 2.79. The lowest BCUT2D eigenvalue weighted by Crippen LogP contribution is -2.39. The van der Waals surface area contributed by atoms with Gasteiger partial charge in [0, 0.05) is 19.1 Å². The molecule has 0 radical (unpaired) electrons. The minimum Gasteiger partial charge on any atom is -0.299 e. The molecule has 0 aromatic rings. The van der Waals surface area contributed by atoms with Crippen molar-refractivity contribution < 1.29 is 0 Å². The van der Waals surface area contributed by atoms with Crippen LogP contribution < -0.4 is 0 Å². The molecular weight excluding hydrogens is 184 g/mol. The van der Waals surface area contributed by atoms with Crippen molar-refractivity contribution in [2.45, 2.75) is 53.5 Å². The zero-order chi connectivity index (χ0) is 11.8. The average Bonchev–Trinajstić information content (AvgIpc) is 2.18. The van der Waals surface area contributed by atoms with Gasteiger partial charge in [0.15, 0.2) is 0 Å². The first-order chi connectivity index (χ1) is 7.04. The molecule has 88 valence electrons. The first kappa shape index (κ1) is 14.5. The molecule has 0 aromatic carbocycles. The van der Waals surface area contributed by atoms with Crippen molar-refractivity contribution in [2.24, 2.45) is 11.8 Å². The standard InChI is InChI=1S/C13H26N2/c1-6-13(7-2)15(9-11(3)4)10-12(5)8-14/h11-13H,6-7,9-10H2,1-5H3. The fraction of sp³-hybridized carbons (Fsp3) is 0.923. The monoisotopic (exact) mass is 210 g/mol. The highest BCUT2D eigenvalue weighted by molar-refractivity contribution is 4.83. The Bertz CT molecular complexity index is 189. The number of hydrogen-bond acceptors (Lipinski definition) is 2. The Balaban J connectivity index is 4.36. The minimum absolute atomic E-state index is 0.143. The van der Waals surface area contributed by atoms with E-state index in [1.807, 2.05) is 6.92 Å². The minimum atomic E-state index is 0.143. The van der Waals surface area contributed by atoms with E-state index in [1.165, 1.54) is 12.8 Å². The van der Waals surface area contributed by atoms with E-state index < -0.39 is 0 Å². The van der Waals surface area contributed by atoms with Gasteiger partial charge in [0.25, 0.3) is 0 Å². The molecular formula is C13H26N2. The van der Waals surface area contributed by atoms with E-state index in [1.54, 1.807) is 0 Å². The largest absolute Gasteiger partial charge is 0.299 e. The SMILES string of the molecule is CCC(CC)N(CC(C)C)CC(C)C#N. The zero-order valence-corrected chi connectivity index (χ0v) is 11.0. The molecule has 0 saturated carbocycles. The second kappa shape index (κ2) is 7.70. The third kappa shape index (κ3) is 5.79. The van der Waals surface area contributed by atoms with Crippen molar-refractivity contribution in [3.05, 3.63) is 0 Å². The van der Waals surface area contributed by atoms with Crippen molar-refractivity contribution in [3.63, 3.8) is 0 Å². The first-order valence-electron chi connectivity index (χ1n) is 6.18. The van der Waals surface area contributed by atoms with E-state index in [0.29, 0.717) is 12.0 Å². The van der Waals surface area contributed by atoms with E-state index in [9.17, 15) is 0 Å². The van der Waals surface area contributed by atoms with Gasteiger partial charge in [-0.1, -0.05) is 27.7 Å². The highest BCUT2D eigenvalue weighted by Crippen LogP contribution is 2.13. The number of hydrogen-bond donors (Lipinski definition) is 0. The molecule has 0 aromatic heterocycles. The predicted molar refractivity (Wildman–Crippen MR) is 65.6 cm³/mol. The van der Waals surface area contributed by atoms with Crippen LogP contribution in [-0.2, 0) is 0 Å². The summed E-state index contributed by atoms with van der Waals surface area (Å²) in [5.74, 6) is 0.820. The topological polar surface area (TPSA) is 27.0 Å². The van der Waals surface area contributed by atoms with Crippen LogP contribution in [0.1, 0.15) is 47.5 Å². The van der Waals surface area contributed by atoms with Gasteiger partial charge in [-0.3, -0.25) is 4.90 Å². The van der Waals surface area contributed by atoms with Crippen LogP contribution in [0.25, 0.3) is 0 Å². The fourth-order valence-electron chi connectivity index (χ4n) is 2.04. The van der Waals surface area contributed by atoms with Gasteiger partial charge < -0.3 is 0 Å². The lowest BCUT2D eigenvalue weighted by molar-refractivity contribution is 0.154. The molecule has 0 amide bonds. The lowest BCUT2D eigenvalue weighted by Gasteiger charge is -2.32. The summed E-state index contributed by atoms with van der Waals surface area (Å²) in [5, 5.41) is 8.87. The fourth-order valence-corrected chi connectivity index (χ4v) is 2.04. The van der Waals surface area contributed by atoms with Gasteiger partial charge in [0.1, 0.15) is 0 Å². The molecule has 0 heterocycles. The molecule has 1 atom stereocenters. The van der Waals surface area contributed by atoms with E-state index in [4.69, 9.17) is 5.26 Å². The Labute approximate surface area is 95.3 Å². The summed E-state index contributed by atoms with van der Waals surface area (Å²) < 4.78 is 0. The molecule has 1 unspecified atom stereocenters. The summed E-state index contributed by atoms with van der Waals surface area (Å²) >= 11 is 0. The second-order valence-corrected chi connectivity index (χ2v) is 4.85. The van der Waals surface area contributed by atoms with Gasteiger partial charge in [-0.25, -0.2) is 0 Å². The maximum absolute atomic E-state index is 8.87. The smallest absolute Gasteiger partial charge is 0.0666 e. The summed E-state index contributed by atoms with van der Waals surface area (Å²) in [5.41, 5.74) is 0. The molecule has 15 heavy (non-hydrogen) atoms. The first-order valence-corrected chi connectivity index (χ1v) is 6.18. The molecule has 0 saturated heterocycles. The lowest BCUT2D eigenvalue weighted by atomic mass is 10.1. The molecule has 2 nitrogen and oxygen atoms in total. The van der Waals surface area contributed by atoms with E-state index >= 15 is 0 Å². The molecule has 0 fully saturated rings. The third-order valence-corrected chi connectivity index (χ3v) is 2.79. The zero-order valence-electron chi connectivity index (χ0n) is 11.0. The molecule has 0 bridgehead atoms. The summed E-state index contributed by atoms with van der Waals surface area (Å²) in [6.07, 6.45) is 2.36. The number of nitriles is 1. The van der Waals surface area contributed by atoms with Gasteiger partial charge in [-0.15, -0.1) is 0 Å². The Hall–Kier alpha value is -0.550. The van der Waals surface area contributed by atoms with E-state index in [2.05, 4.69) is 38.7 Å². The van der Waals surface area contributed by atoms with Crippen molar-refractivity contribution in [3.8, 4) is 6.07 Å². The summed E-state index contributed by atoms with van der Waals surface area (Å²) in [4.78, 5) is 2.48. The van der Waals surface area contributed by atoms with Gasteiger partial charge in [-0.05, 0) is 25.7 Å². The second-order valence-electron chi connectivity index (χ2n) is 4.85. The highest BCUT2D eigenvalue weighted by atomic mass is 15.2. The van der Waals surface area contributed by atoms with E-state index in [0.717, 1.165) is 13.1 Å². The maximum Gasteiger partial charge on any atom is 0.0666 e. The Morgan fingerprint density at radius 3 is 1.93 bits per heavy atom. The van der Waals surface area contributed by atoms with Gasteiger partial charge in [0.2, 0.25) is 0 Å². The Morgan fingerprint density at radius 1 is 1.07 bits per heavy atom. The molecule has 0 aliphatic carbocycles. The van der Waals surface area contributed by atoms with Crippen LogP contribution >= 0.6 is 0 Å². The Kier molecular flexibility index (Phi) is 7.42. The normalized spacial score (nSPS) is 13.5. The highest BCUT2D eigenvalue weighted by Gasteiger charge is 2.18. The molecule has 0 aliphatic heterocycles. The van der Waals surface area contributed by atoms with Crippen molar-refractivity contribution in [2.75, 3.05) is 13.1 Å². The van der Waals surface area contributed by atoms with Crippen molar-refractivity contribution in [1.82, 2.24) is 4.90 Å².